The third-order valence-electron chi connectivity index (χ3n) is 2.16. The molecule has 18 heavy (non-hydrogen) atoms. The lowest BCUT2D eigenvalue weighted by atomic mass is 10.2. The Bertz CT molecular complexity index is 543. The highest BCUT2D eigenvalue weighted by Crippen LogP contribution is 2.21. The van der Waals surface area contributed by atoms with Crippen LogP contribution in [-0.4, -0.2) is 36.7 Å². The average Bonchev–Trinajstić information content (AvgIpc) is 2.25. The topological polar surface area (TPSA) is 104 Å². The van der Waals surface area contributed by atoms with Crippen LogP contribution < -0.4 is 4.72 Å². The van der Waals surface area contributed by atoms with Crippen molar-refractivity contribution in [1.29, 1.82) is 0 Å². The van der Waals surface area contributed by atoms with Crippen LogP contribution in [-0.2, 0) is 14.8 Å². The Kier molecular flexibility index (Phi) is 4.85. The second-order valence-electron chi connectivity index (χ2n) is 3.61. The summed E-state index contributed by atoms with van der Waals surface area (Å²) >= 11 is 3.07. The summed E-state index contributed by atoms with van der Waals surface area (Å²) in [6.45, 7) is 1.20. The van der Waals surface area contributed by atoms with E-state index in [-0.39, 0.29) is 4.90 Å². The van der Waals surface area contributed by atoms with Gasteiger partial charge in [0.25, 0.3) is 0 Å². The van der Waals surface area contributed by atoms with E-state index in [9.17, 15) is 18.3 Å². The largest absolute Gasteiger partial charge is 0.480 e. The third kappa shape index (κ3) is 3.52. The fourth-order valence-electron chi connectivity index (χ4n) is 1.25. The summed E-state index contributed by atoms with van der Waals surface area (Å²) in [7, 11) is -4.02. The lowest BCUT2D eigenvalue weighted by molar-refractivity contribution is -0.141. The first kappa shape index (κ1) is 15.1. The Morgan fingerprint density at radius 3 is 2.39 bits per heavy atom. The van der Waals surface area contributed by atoms with Gasteiger partial charge in [0, 0.05) is 4.47 Å². The third-order valence-corrected chi connectivity index (χ3v) is 4.61. The van der Waals surface area contributed by atoms with Gasteiger partial charge in [-0.15, -0.1) is 0 Å². The molecule has 0 radical (unpaired) electrons. The number of sulfonamides is 1. The highest BCUT2D eigenvalue weighted by molar-refractivity contribution is 9.10. The number of hydrogen-bond donors (Lipinski definition) is 3. The predicted molar refractivity (Wildman–Crippen MR) is 67.6 cm³/mol. The lowest BCUT2D eigenvalue weighted by Gasteiger charge is -2.17. The van der Waals surface area contributed by atoms with Crippen molar-refractivity contribution in [2.75, 3.05) is 0 Å². The van der Waals surface area contributed by atoms with Gasteiger partial charge in [0.15, 0.2) is 0 Å². The molecule has 0 saturated carbocycles. The highest BCUT2D eigenvalue weighted by Gasteiger charge is 2.29. The molecule has 2 unspecified atom stereocenters. The molecule has 0 bridgehead atoms. The molecule has 1 aromatic rings. The van der Waals surface area contributed by atoms with Crippen molar-refractivity contribution in [3.63, 3.8) is 0 Å². The molecule has 0 aliphatic rings. The Morgan fingerprint density at radius 1 is 1.39 bits per heavy atom. The van der Waals surface area contributed by atoms with Crippen LogP contribution in [0.2, 0.25) is 0 Å². The van der Waals surface area contributed by atoms with Crippen molar-refractivity contribution in [2.24, 2.45) is 0 Å². The van der Waals surface area contributed by atoms with Crippen LogP contribution in [0.15, 0.2) is 33.6 Å². The number of aliphatic hydroxyl groups excluding tert-OH is 1. The van der Waals surface area contributed by atoms with Gasteiger partial charge in [0.2, 0.25) is 10.0 Å². The molecule has 0 aromatic heterocycles. The zero-order valence-electron chi connectivity index (χ0n) is 9.37. The van der Waals surface area contributed by atoms with E-state index in [4.69, 9.17) is 5.11 Å². The minimum Gasteiger partial charge on any atom is -0.480 e. The number of benzene rings is 1. The van der Waals surface area contributed by atoms with Crippen LogP contribution in [0.4, 0.5) is 0 Å². The van der Waals surface area contributed by atoms with Crippen molar-refractivity contribution in [2.45, 2.75) is 24.0 Å². The predicted octanol–water partition coefficient (Wildman–Crippen LogP) is 0.561. The fraction of sp³-hybridized carbons (Fsp3) is 0.300. The average molecular weight is 338 g/mol. The fourth-order valence-corrected chi connectivity index (χ4v) is 3.51. The molecule has 0 amide bonds. The van der Waals surface area contributed by atoms with Crippen molar-refractivity contribution in [1.82, 2.24) is 4.72 Å². The summed E-state index contributed by atoms with van der Waals surface area (Å²) in [4.78, 5) is 10.8. The van der Waals surface area contributed by atoms with Gasteiger partial charge < -0.3 is 10.2 Å². The maximum Gasteiger partial charge on any atom is 0.324 e. The van der Waals surface area contributed by atoms with E-state index >= 15 is 0 Å². The van der Waals surface area contributed by atoms with Crippen molar-refractivity contribution in [3.05, 3.63) is 28.7 Å². The van der Waals surface area contributed by atoms with Crippen molar-refractivity contribution < 1.29 is 23.4 Å². The number of aliphatic carboxylic acids is 1. The molecule has 1 rings (SSSR count). The molecule has 0 aliphatic heterocycles. The normalized spacial score (nSPS) is 15.1. The Morgan fingerprint density at radius 2 is 1.94 bits per heavy atom. The molecule has 6 nitrogen and oxygen atoms in total. The van der Waals surface area contributed by atoms with E-state index in [0.29, 0.717) is 4.47 Å². The van der Waals surface area contributed by atoms with E-state index in [1.165, 1.54) is 25.1 Å². The molecule has 0 aliphatic carbocycles. The number of carbonyl (C=O) groups is 1. The van der Waals surface area contributed by atoms with E-state index < -0.39 is 28.1 Å². The minimum atomic E-state index is -4.02. The van der Waals surface area contributed by atoms with Crippen LogP contribution in [0.3, 0.4) is 0 Å². The van der Waals surface area contributed by atoms with Crippen LogP contribution in [0.25, 0.3) is 0 Å². The van der Waals surface area contributed by atoms with Crippen molar-refractivity contribution >= 4 is 31.9 Å². The number of aliphatic hydroxyl groups is 1. The van der Waals surface area contributed by atoms with Crippen LogP contribution in [0.1, 0.15) is 6.92 Å². The van der Waals surface area contributed by atoms with Gasteiger partial charge >= 0.3 is 5.97 Å². The number of carboxylic acid groups (broad SMARTS) is 1. The van der Waals surface area contributed by atoms with E-state index in [1.54, 1.807) is 6.07 Å². The van der Waals surface area contributed by atoms with Gasteiger partial charge in [-0.05, 0) is 35.0 Å². The summed E-state index contributed by atoms with van der Waals surface area (Å²) in [5.41, 5.74) is 0. The molecular weight excluding hydrogens is 326 g/mol. The van der Waals surface area contributed by atoms with Crippen molar-refractivity contribution in [3.8, 4) is 0 Å². The van der Waals surface area contributed by atoms with E-state index in [1.807, 2.05) is 4.72 Å². The zero-order chi connectivity index (χ0) is 13.9. The second kappa shape index (κ2) is 5.79. The number of nitrogens with one attached hydrogen (secondary N) is 1. The standard InChI is InChI=1S/C10H12BrNO5S/c1-6(13)9(10(14)15)12-18(16,17)8-5-3-2-4-7(8)11/h2-6,9,12-13H,1H3,(H,14,15). The first-order chi connectivity index (χ1) is 8.25. The summed E-state index contributed by atoms with van der Waals surface area (Å²) in [6.07, 6.45) is -1.35. The summed E-state index contributed by atoms with van der Waals surface area (Å²) in [5.74, 6) is -1.44. The maximum absolute atomic E-state index is 12.0. The van der Waals surface area contributed by atoms with E-state index in [0.717, 1.165) is 0 Å². The number of hydrogen-bond acceptors (Lipinski definition) is 4. The second-order valence-corrected chi connectivity index (χ2v) is 6.14. The highest BCUT2D eigenvalue weighted by atomic mass is 79.9. The number of carboxylic acids is 1. The molecule has 0 heterocycles. The molecule has 0 spiro atoms. The van der Waals surface area contributed by atoms with E-state index in [2.05, 4.69) is 15.9 Å². The van der Waals surface area contributed by atoms with Crippen LogP contribution >= 0.6 is 15.9 Å². The maximum atomic E-state index is 12.0. The summed E-state index contributed by atoms with van der Waals surface area (Å²) < 4.78 is 26.2. The first-order valence-corrected chi connectivity index (χ1v) is 7.21. The number of halogens is 1. The van der Waals surface area contributed by atoms with Gasteiger partial charge in [0.05, 0.1) is 11.0 Å². The lowest BCUT2D eigenvalue weighted by Crippen LogP contribution is -2.47. The Labute approximate surface area is 113 Å². The molecule has 0 saturated heterocycles. The van der Waals surface area contributed by atoms with Gasteiger partial charge in [-0.2, -0.15) is 4.72 Å². The van der Waals surface area contributed by atoms with Gasteiger partial charge in [-0.25, -0.2) is 8.42 Å². The molecule has 100 valence electrons. The quantitative estimate of drug-likeness (QED) is 0.728. The first-order valence-electron chi connectivity index (χ1n) is 4.93. The molecule has 2 atom stereocenters. The Hall–Kier alpha value is -0.960. The van der Waals surface area contributed by atoms with Crippen LogP contribution in [0.5, 0.6) is 0 Å². The summed E-state index contributed by atoms with van der Waals surface area (Å²) in [5, 5.41) is 18.1. The van der Waals surface area contributed by atoms with Gasteiger partial charge in [0.1, 0.15) is 6.04 Å². The van der Waals surface area contributed by atoms with Gasteiger partial charge in [-0.3, -0.25) is 4.79 Å². The SMILES string of the molecule is CC(O)C(NS(=O)(=O)c1ccccc1Br)C(=O)O. The van der Waals surface area contributed by atoms with Crippen LogP contribution in [0, 0.1) is 0 Å². The molecule has 0 fully saturated rings. The monoisotopic (exact) mass is 337 g/mol. The Balaban J connectivity index is 3.09. The molecule has 3 N–H and O–H groups in total. The molecule has 1 aromatic carbocycles. The number of rotatable bonds is 5. The smallest absolute Gasteiger partial charge is 0.324 e. The molecule has 8 heteroatoms. The summed E-state index contributed by atoms with van der Waals surface area (Å²) in [6, 6.07) is 4.39. The van der Waals surface area contributed by atoms with Gasteiger partial charge in [-0.1, -0.05) is 12.1 Å². The minimum absolute atomic E-state index is 0.0862. The molecular formula is C10H12BrNO5S. The zero-order valence-corrected chi connectivity index (χ0v) is 11.8.